The molecule has 1 aliphatic heterocycles. The molecule has 16 heavy (non-hydrogen) atoms. The van der Waals surface area contributed by atoms with E-state index in [1.807, 2.05) is 6.07 Å². The van der Waals surface area contributed by atoms with E-state index in [0.29, 0.717) is 12.0 Å². The van der Waals surface area contributed by atoms with E-state index in [9.17, 15) is 0 Å². The molecule has 0 saturated carbocycles. The van der Waals surface area contributed by atoms with Gasteiger partial charge in [0.1, 0.15) is 5.75 Å². The fourth-order valence-electron chi connectivity index (χ4n) is 2.21. The highest BCUT2D eigenvalue weighted by atomic mass is 16.5. The lowest BCUT2D eigenvalue weighted by atomic mass is 9.96. The van der Waals surface area contributed by atoms with Crippen LogP contribution in [0, 0.1) is 0 Å². The molecule has 0 saturated heterocycles. The molecule has 1 aromatic carbocycles. The molecule has 1 N–H and O–H groups in total. The molecule has 0 aromatic heterocycles. The lowest BCUT2D eigenvalue weighted by Gasteiger charge is -2.10. The molecule has 88 valence electrons. The van der Waals surface area contributed by atoms with Gasteiger partial charge >= 0.3 is 0 Å². The number of ether oxygens (including phenoxy) is 1. The molecule has 0 aliphatic carbocycles. The van der Waals surface area contributed by atoms with E-state index in [1.165, 1.54) is 18.4 Å². The van der Waals surface area contributed by atoms with Gasteiger partial charge in [0.2, 0.25) is 0 Å². The summed E-state index contributed by atoms with van der Waals surface area (Å²) < 4.78 is 5.67. The lowest BCUT2D eigenvalue weighted by molar-refractivity contribution is 0.322. The molecule has 2 rings (SSSR count). The summed E-state index contributed by atoms with van der Waals surface area (Å²) in [4.78, 5) is 0. The highest BCUT2D eigenvalue weighted by Gasteiger charge is 2.22. The first kappa shape index (κ1) is 11.5. The number of para-hydroxylation sites is 1. The van der Waals surface area contributed by atoms with Gasteiger partial charge < -0.3 is 10.1 Å². The van der Waals surface area contributed by atoms with E-state index in [4.69, 9.17) is 4.74 Å². The van der Waals surface area contributed by atoms with Crippen LogP contribution in [0.1, 0.15) is 38.2 Å². The van der Waals surface area contributed by atoms with Crippen molar-refractivity contribution < 1.29 is 4.74 Å². The first-order chi connectivity index (χ1) is 7.77. The lowest BCUT2D eigenvalue weighted by Crippen LogP contribution is -2.24. The van der Waals surface area contributed by atoms with Gasteiger partial charge in [0.05, 0.1) is 6.61 Å². The minimum absolute atomic E-state index is 0.590. The van der Waals surface area contributed by atoms with Crippen molar-refractivity contribution >= 4 is 0 Å². The molecule has 0 spiro atoms. The van der Waals surface area contributed by atoms with Crippen molar-refractivity contribution in [1.29, 1.82) is 0 Å². The molecular formula is C14H21NO. The predicted molar refractivity (Wildman–Crippen MR) is 67.1 cm³/mol. The van der Waals surface area contributed by atoms with Gasteiger partial charge in [-0.1, -0.05) is 32.0 Å². The summed E-state index contributed by atoms with van der Waals surface area (Å²) in [7, 11) is 0. The highest BCUT2D eigenvalue weighted by Crippen LogP contribution is 2.35. The van der Waals surface area contributed by atoms with Gasteiger partial charge in [-0.25, -0.2) is 0 Å². The first-order valence-electron chi connectivity index (χ1n) is 6.22. The first-order valence-corrected chi connectivity index (χ1v) is 6.22. The number of nitrogens with one attached hydrogen (secondary N) is 1. The number of hydrogen-bond donors (Lipinski definition) is 1. The van der Waals surface area contributed by atoms with Crippen LogP contribution in [0.15, 0.2) is 24.3 Å². The second-order valence-corrected chi connectivity index (χ2v) is 4.80. The van der Waals surface area contributed by atoms with Crippen LogP contribution in [0.3, 0.4) is 0 Å². The number of benzene rings is 1. The van der Waals surface area contributed by atoms with Gasteiger partial charge in [-0.05, 0) is 25.5 Å². The highest BCUT2D eigenvalue weighted by molar-refractivity contribution is 5.39. The fraction of sp³-hybridized carbons (Fsp3) is 0.571. The summed E-state index contributed by atoms with van der Waals surface area (Å²) in [5, 5.41) is 3.45. The Morgan fingerprint density at radius 2 is 2.19 bits per heavy atom. The average molecular weight is 219 g/mol. The predicted octanol–water partition coefficient (Wildman–Crippen LogP) is 2.94. The molecule has 2 heteroatoms. The van der Waals surface area contributed by atoms with Gasteiger partial charge in [0, 0.05) is 17.5 Å². The third kappa shape index (κ3) is 2.76. The molecule has 1 heterocycles. The molecule has 1 aliphatic rings. The van der Waals surface area contributed by atoms with Crippen molar-refractivity contribution in [2.24, 2.45) is 0 Å². The summed E-state index contributed by atoms with van der Waals surface area (Å²) in [6.07, 6.45) is 2.44. The van der Waals surface area contributed by atoms with E-state index < -0.39 is 0 Å². The van der Waals surface area contributed by atoms with Gasteiger partial charge in [-0.2, -0.15) is 0 Å². The van der Waals surface area contributed by atoms with E-state index in [-0.39, 0.29) is 0 Å². The summed E-state index contributed by atoms with van der Waals surface area (Å²) in [6, 6.07) is 9.01. The normalized spacial score (nSPS) is 18.6. The summed E-state index contributed by atoms with van der Waals surface area (Å²) in [5.74, 6) is 1.69. The topological polar surface area (TPSA) is 21.3 Å². The third-order valence-corrected chi connectivity index (χ3v) is 3.08. The van der Waals surface area contributed by atoms with Crippen molar-refractivity contribution in [2.75, 3.05) is 13.2 Å². The van der Waals surface area contributed by atoms with Crippen LogP contribution in [0.2, 0.25) is 0 Å². The smallest absolute Gasteiger partial charge is 0.122 e. The van der Waals surface area contributed by atoms with Gasteiger partial charge in [-0.3, -0.25) is 0 Å². The van der Waals surface area contributed by atoms with Crippen molar-refractivity contribution in [3.63, 3.8) is 0 Å². The Morgan fingerprint density at radius 1 is 1.38 bits per heavy atom. The molecule has 0 fully saturated rings. The Kier molecular flexibility index (Phi) is 3.83. The van der Waals surface area contributed by atoms with Gasteiger partial charge in [0.15, 0.2) is 0 Å². The summed E-state index contributed by atoms with van der Waals surface area (Å²) >= 11 is 0. The number of rotatable bonds is 5. The monoisotopic (exact) mass is 219 g/mol. The molecule has 1 atom stereocenters. The molecule has 1 unspecified atom stereocenters. The molecule has 2 nitrogen and oxygen atoms in total. The molecule has 0 amide bonds. The summed E-state index contributed by atoms with van der Waals surface area (Å²) in [6.45, 7) is 6.35. The zero-order valence-corrected chi connectivity index (χ0v) is 10.2. The van der Waals surface area contributed by atoms with Crippen LogP contribution in [0.4, 0.5) is 0 Å². The van der Waals surface area contributed by atoms with Crippen LogP contribution in [0.5, 0.6) is 5.75 Å². The third-order valence-electron chi connectivity index (χ3n) is 3.08. The van der Waals surface area contributed by atoms with Crippen LogP contribution < -0.4 is 10.1 Å². The Labute approximate surface area is 98.0 Å². The number of hydrogen-bond acceptors (Lipinski definition) is 2. The van der Waals surface area contributed by atoms with Crippen molar-refractivity contribution in [2.45, 2.75) is 38.6 Å². The maximum Gasteiger partial charge on any atom is 0.122 e. The quantitative estimate of drug-likeness (QED) is 0.769. The molecule has 0 bridgehead atoms. The Balaban J connectivity index is 1.80. The second-order valence-electron chi connectivity index (χ2n) is 4.80. The van der Waals surface area contributed by atoms with E-state index in [2.05, 4.69) is 37.4 Å². The average Bonchev–Trinajstić information content (AvgIpc) is 2.68. The van der Waals surface area contributed by atoms with Crippen LogP contribution in [-0.4, -0.2) is 19.2 Å². The second kappa shape index (κ2) is 5.35. The maximum atomic E-state index is 5.67. The largest absolute Gasteiger partial charge is 0.493 e. The van der Waals surface area contributed by atoms with Gasteiger partial charge in [0.25, 0.3) is 0 Å². The van der Waals surface area contributed by atoms with E-state index >= 15 is 0 Å². The molecule has 0 radical (unpaired) electrons. The number of fused-ring (bicyclic) bond motifs is 1. The zero-order valence-electron chi connectivity index (χ0n) is 10.2. The van der Waals surface area contributed by atoms with Crippen LogP contribution in [0.25, 0.3) is 0 Å². The Bertz CT molecular complexity index is 335. The molecule has 1 aromatic rings. The van der Waals surface area contributed by atoms with Crippen LogP contribution in [-0.2, 0) is 0 Å². The summed E-state index contributed by atoms with van der Waals surface area (Å²) in [5.41, 5.74) is 1.40. The maximum absolute atomic E-state index is 5.67. The zero-order chi connectivity index (χ0) is 11.4. The van der Waals surface area contributed by atoms with E-state index in [0.717, 1.165) is 18.9 Å². The van der Waals surface area contributed by atoms with Crippen molar-refractivity contribution in [1.82, 2.24) is 5.32 Å². The van der Waals surface area contributed by atoms with E-state index in [1.54, 1.807) is 0 Å². The minimum atomic E-state index is 0.590. The SMILES string of the molecule is CC(C)NCCCC1COc2ccccc21. The molecular weight excluding hydrogens is 198 g/mol. The van der Waals surface area contributed by atoms with Gasteiger partial charge in [-0.15, -0.1) is 0 Å². The minimum Gasteiger partial charge on any atom is -0.493 e. The Morgan fingerprint density at radius 3 is 3.00 bits per heavy atom. The van der Waals surface area contributed by atoms with Crippen molar-refractivity contribution in [3.05, 3.63) is 29.8 Å². The Hall–Kier alpha value is -1.02. The van der Waals surface area contributed by atoms with Crippen molar-refractivity contribution in [3.8, 4) is 5.75 Å². The fourth-order valence-corrected chi connectivity index (χ4v) is 2.21. The standard InChI is InChI=1S/C14H21NO/c1-11(2)15-9-5-6-12-10-16-14-8-4-3-7-13(12)14/h3-4,7-8,11-12,15H,5-6,9-10H2,1-2H3. The van der Waals surface area contributed by atoms with Crippen LogP contribution >= 0.6 is 0 Å².